The van der Waals surface area contributed by atoms with Crippen molar-refractivity contribution in [1.29, 1.82) is 0 Å². The molecule has 0 unspecified atom stereocenters. The molecule has 8 aromatic carbocycles. The van der Waals surface area contributed by atoms with E-state index in [0.717, 1.165) is 66.5 Å². The highest BCUT2D eigenvalue weighted by Crippen LogP contribution is 2.41. The van der Waals surface area contributed by atoms with Gasteiger partial charge < -0.3 is 4.42 Å². The molecule has 2 heterocycles. The SMILES string of the molecule is c1ccc(-c2ccc3cc(-c4cc(-c5cc(-c6ccccc6)c6oc7cc8ccccc8cc7c6c5)nc(-c5ccccc5)n4)ccc3c2)cc1. The fourth-order valence-corrected chi connectivity index (χ4v) is 7.22. The second-order valence-electron chi connectivity index (χ2n) is 13.0. The molecule has 0 aliphatic rings. The van der Waals surface area contributed by atoms with Gasteiger partial charge in [-0.3, -0.25) is 0 Å². The van der Waals surface area contributed by atoms with Crippen LogP contribution in [0.1, 0.15) is 0 Å². The third-order valence-electron chi connectivity index (χ3n) is 9.82. The van der Waals surface area contributed by atoms with Crippen molar-refractivity contribution in [2.45, 2.75) is 0 Å². The van der Waals surface area contributed by atoms with Crippen molar-refractivity contribution in [3.05, 3.63) is 182 Å². The normalized spacial score (nSPS) is 11.5. The van der Waals surface area contributed by atoms with Crippen molar-refractivity contribution >= 4 is 43.5 Å². The maximum absolute atomic E-state index is 6.67. The minimum atomic E-state index is 0.687. The quantitative estimate of drug-likeness (QED) is 0.186. The van der Waals surface area contributed by atoms with Gasteiger partial charge in [0, 0.05) is 33.0 Å². The van der Waals surface area contributed by atoms with Crippen molar-refractivity contribution in [1.82, 2.24) is 9.97 Å². The Balaban J connectivity index is 1.18. The Morgan fingerprint density at radius 2 is 0.882 bits per heavy atom. The molecule has 0 radical (unpaired) electrons. The minimum Gasteiger partial charge on any atom is -0.455 e. The number of fused-ring (bicyclic) bond motifs is 5. The summed E-state index contributed by atoms with van der Waals surface area (Å²) in [5.74, 6) is 0.687. The van der Waals surface area contributed by atoms with Crippen LogP contribution in [0.25, 0.3) is 99.6 Å². The first-order valence-corrected chi connectivity index (χ1v) is 17.2. The lowest BCUT2D eigenvalue weighted by molar-refractivity contribution is 0.670. The molecule has 51 heavy (non-hydrogen) atoms. The van der Waals surface area contributed by atoms with Crippen molar-refractivity contribution in [3.8, 4) is 56.2 Å². The summed E-state index contributed by atoms with van der Waals surface area (Å²) in [4.78, 5) is 10.4. The van der Waals surface area contributed by atoms with E-state index in [-0.39, 0.29) is 0 Å². The van der Waals surface area contributed by atoms with Gasteiger partial charge in [-0.05, 0) is 80.7 Å². The summed E-state index contributed by atoms with van der Waals surface area (Å²) in [6.45, 7) is 0. The van der Waals surface area contributed by atoms with Gasteiger partial charge in [-0.25, -0.2) is 9.97 Å². The first-order valence-electron chi connectivity index (χ1n) is 17.2. The number of rotatable bonds is 5. The molecule has 3 heteroatoms. The highest BCUT2D eigenvalue weighted by Gasteiger charge is 2.18. The van der Waals surface area contributed by atoms with Crippen molar-refractivity contribution in [3.63, 3.8) is 0 Å². The molecule has 0 fully saturated rings. The van der Waals surface area contributed by atoms with Gasteiger partial charge in [0.1, 0.15) is 11.2 Å². The molecule has 10 aromatic rings. The molecule has 238 valence electrons. The molecule has 3 nitrogen and oxygen atoms in total. The summed E-state index contributed by atoms with van der Waals surface area (Å²) in [5, 5.41) is 6.85. The van der Waals surface area contributed by atoms with Crippen LogP contribution in [0, 0.1) is 0 Å². The first kappa shape index (κ1) is 29.1. The van der Waals surface area contributed by atoms with E-state index in [1.54, 1.807) is 0 Å². The summed E-state index contributed by atoms with van der Waals surface area (Å²) in [6, 6.07) is 63.9. The predicted molar refractivity (Wildman–Crippen MR) is 212 cm³/mol. The molecular weight excluding hydrogens is 621 g/mol. The molecule has 2 aromatic heterocycles. The van der Waals surface area contributed by atoms with Crippen LogP contribution in [0.3, 0.4) is 0 Å². The monoisotopic (exact) mass is 650 g/mol. The first-order chi connectivity index (χ1) is 25.2. The fraction of sp³-hybridized carbons (Fsp3) is 0. The number of aromatic nitrogens is 2. The Morgan fingerprint density at radius 1 is 0.333 bits per heavy atom. The van der Waals surface area contributed by atoms with Gasteiger partial charge >= 0.3 is 0 Å². The number of hydrogen-bond donors (Lipinski definition) is 0. The van der Waals surface area contributed by atoms with Gasteiger partial charge in [-0.15, -0.1) is 0 Å². The molecule has 0 amide bonds. The van der Waals surface area contributed by atoms with Crippen LogP contribution in [-0.4, -0.2) is 9.97 Å². The highest BCUT2D eigenvalue weighted by atomic mass is 16.3. The van der Waals surface area contributed by atoms with Crippen molar-refractivity contribution < 1.29 is 4.42 Å². The summed E-state index contributed by atoms with van der Waals surface area (Å²) < 4.78 is 6.67. The average Bonchev–Trinajstić information content (AvgIpc) is 3.57. The summed E-state index contributed by atoms with van der Waals surface area (Å²) in [7, 11) is 0. The standard InChI is InChI=1S/C48H30N2O/c1-4-12-31(13-5-1)36-20-21-38-25-39(23-22-37(38)24-36)44-30-45(50-48(49-44)33-16-8-3-9-17-33)40-27-41(32-14-6-2-7-15-32)47-43(28-40)42-26-34-18-10-11-19-35(34)29-46(42)51-47/h1-30H. The Labute approximate surface area is 295 Å². The second kappa shape index (κ2) is 11.9. The molecular formula is C48H30N2O. The van der Waals surface area contributed by atoms with Crippen LogP contribution < -0.4 is 0 Å². The van der Waals surface area contributed by atoms with E-state index in [1.807, 2.05) is 24.3 Å². The fourth-order valence-electron chi connectivity index (χ4n) is 7.22. The lowest BCUT2D eigenvalue weighted by Gasteiger charge is -2.12. The van der Waals surface area contributed by atoms with Crippen LogP contribution in [0.15, 0.2) is 186 Å². The van der Waals surface area contributed by atoms with Crippen LogP contribution in [0.4, 0.5) is 0 Å². The molecule has 0 aliphatic heterocycles. The van der Waals surface area contributed by atoms with Gasteiger partial charge in [0.25, 0.3) is 0 Å². The number of hydrogen-bond acceptors (Lipinski definition) is 3. The Morgan fingerprint density at radius 3 is 1.59 bits per heavy atom. The second-order valence-corrected chi connectivity index (χ2v) is 13.0. The van der Waals surface area contributed by atoms with Gasteiger partial charge in [-0.1, -0.05) is 140 Å². The largest absolute Gasteiger partial charge is 0.455 e. The number of benzene rings is 8. The van der Waals surface area contributed by atoms with E-state index in [0.29, 0.717) is 5.82 Å². The highest BCUT2D eigenvalue weighted by molar-refractivity contribution is 6.14. The van der Waals surface area contributed by atoms with E-state index >= 15 is 0 Å². The van der Waals surface area contributed by atoms with E-state index in [4.69, 9.17) is 14.4 Å². The van der Waals surface area contributed by atoms with Crippen LogP contribution in [-0.2, 0) is 0 Å². The van der Waals surface area contributed by atoms with Crippen molar-refractivity contribution in [2.24, 2.45) is 0 Å². The van der Waals surface area contributed by atoms with Gasteiger partial charge in [0.15, 0.2) is 5.82 Å². The lowest BCUT2D eigenvalue weighted by atomic mass is 9.96. The smallest absolute Gasteiger partial charge is 0.160 e. The molecule has 0 saturated carbocycles. The molecule has 0 aliphatic carbocycles. The molecule has 0 spiro atoms. The van der Waals surface area contributed by atoms with Crippen LogP contribution in [0.5, 0.6) is 0 Å². The number of furan rings is 1. The topological polar surface area (TPSA) is 38.9 Å². The Bertz CT molecular complexity index is 2890. The van der Waals surface area contributed by atoms with E-state index < -0.39 is 0 Å². The number of nitrogens with zero attached hydrogens (tertiary/aromatic N) is 2. The predicted octanol–water partition coefficient (Wildman–Crippen LogP) is 13.0. The van der Waals surface area contributed by atoms with E-state index in [9.17, 15) is 0 Å². The zero-order chi connectivity index (χ0) is 33.7. The van der Waals surface area contributed by atoms with Gasteiger partial charge in [0.05, 0.1) is 11.4 Å². The summed E-state index contributed by atoms with van der Waals surface area (Å²) in [6.07, 6.45) is 0. The summed E-state index contributed by atoms with van der Waals surface area (Å²) in [5.41, 5.74) is 11.0. The molecule has 10 rings (SSSR count). The molecule has 0 atom stereocenters. The molecule has 0 N–H and O–H groups in total. The maximum atomic E-state index is 6.67. The molecule has 0 saturated heterocycles. The zero-order valence-corrected chi connectivity index (χ0v) is 27.6. The molecule has 0 bridgehead atoms. The zero-order valence-electron chi connectivity index (χ0n) is 27.6. The van der Waals surface area contributed by atoms with Crippen molar-refractivity contribution in [2.75, 3.05) is 0 Å². The van der Waals surface area contributed by atoms with Crippen LogP contribution >= 0.6 is 0 Å². The average molecular weight is 651 g/mol. The van der Waals surface area contributed by atoms with E-state index in [2.05, 4.69) is 158 Å². The Hall–Kier alpha value is -6.84. The lowest BCUT2D eigenvalue weighted by Crippen LogP contribution is -1.96. The minimum absolute atomic E-state index is 0.687. The van der Waals surface area contributed by atoms with E-state index in [1.165, 1.54) is 27.3 Å². The van der Waals surface area contributed by atoms with Gasteiger partial charge in [0.2, 0.25) is 0 Å². The van der Waals surface area contributed by atoms with Gasteiger partial charge in [-0.2, -0.15) is 0 Å². The third kappa shape index (κ3) is 5.24. The van der Waals surface area contributed by atoms with Crippen LogP contribution in [0.2, 0.25) is 0 Å². The Kier molecular flexibility index (Phi) is 6.81. The maximum Gasteiger partial charge on any atom is 0.160 e. The third-order valence-corrected chi connectivity index (χ3v) is 9.82. The summed E-state index contributed by atoms with van der Waals surface area (Å²) >= 11 is 0.